The summed E-state index contributed by atoms with van der Waals surface area (Å²) in [5.41, 5.74) is 1.20. The maximum absolute atomic E-state index is 12.2. The molecule has 29 heavy (non-hydrogen) atoms. The fourth-order valence-electron chi connectivity index (χ4n) is 3.41. The minimum absolute atomic E-state index is 0. The number of guanidine groups is 1. The standard InChI is InChI=1S/C20H31F3N4O.HI/c1-24-19(25-12-4-3-11-20(21,22)23)26-15-18(27-13-5-6-14-27)16-7-9-17(28-2)10-8-16;/h7-10,18H,3-6,11-15H2,1-2H3,(H2,24,25,26);1H. The lowest BCUT2D eigenvalue weighted by atomic mass is 10.1. The van der Waals surface area contributed by atoms with Crippen LogP contribution >= 0.6 is 24.0 Å². The molecule has 1 atom stereocenters. The van der Waals surface area contributed by atoms with Crippen LogP contribution in [0.2, 0.25) is 0 Å². The smallest absolute Gasteiger partial charge is 0.389 e. The lowest BCUT2D eigenvalue weighted by Gasteiger charge is -2.29. The zero-order valence-corrected chi connectivity index (χ0v) is 19.4. The molecule has 1 saturated heterocycles. The van der Waals surface area contributed by atoms with E-state index in [4.69, 9.17) is 4.74 Å². The number of likely N-dealkylation sites (tertiary alicyclic amines) is 1. The molecule has 0 aromatic heterocycles. The van der Waals surface area contributed by atoms with Gasteiger partial charge in [0.15, 0.2) is 5.96 Å². The SMILES string of the molecule is CN=C(NCCCCC(F)(F)F)NCC(c1ccc(OC)cc1)N1CCCC1.I. The Labute approximate surface area is 188 Å². The van der Waals surface area contributed by atoms with Gasteiger partial charge in [0.1, 0.15) is 5.75 Å². The van der Waals surface area contributed by atoms with Crippen molar-refractivity contribution in [1.29, 1.82) is 0 Å². The van der Waals surface area contributed by atoms with Crippen LogP contribution in [0.1, 0.15) is 43.7 Å². The van der Waals surface area contributed by atoms with E-state index in [1.807, 2.05) is 12.1 Å². The van der Waals surface area contributed by atoms with Gasteiger partial charge in [0.05, 0.1) is 13.2 Å². The normalized spacial score (nSPS) is 16.2. The summed E-state index contributed by atoms with van der Waals surface area (Å²) < 4.78 is 41.9. The number of nitrogens with zero attached hydrogens (tertiary/aromatic N) is 2. The fourth-order valence-corrected chi connectivity index (χ4v) is 3.41. The first-order valence-electron chi connectivity index (χ1n) is 9.82. The second-order valence-electron chi connectivity index (χ2n) is 6.98. The van der Waals surface area contributed by atoms with E-state index in [9.17, 15) is 13.2 Å². The Hall–Kier alpha value is -1.23. The van der Waals surface area contributed by atoms with E-state index >= 15 is 0 Å². The molecule has 0 spiro atoms. The summed E-state index contributed by atoms with van der Waals surface area (Å²) in [5.74, 6) is 1.44. The Kier molecular flexibility index (Phi) is 11.7. The van der Waals surface area contributed by atoms with Crippen molar-refractivity contribution in [2.75, 3.05) is 40.3 Å². The number of aliphatic imine (C=N–C) groups is 1. The molecule has 0 saturated carbocycles. The van der Waals surface area contributed by atoms with Crippen LogP contribution in [0.5, 0.6) is 5.75 Å². The third-order valence-electron chi connectivity index (χ3n) is 4.95. The number of hydrogen-bond donors (Lipinski definition) is 2. The van der Waals surface area contributed by atoms with Crippen molar-refractivity contribution in [2.24, 2.45) is 4.99 Å². The molecule has 0 bridgehead atoms. The van der Waals surface area contributed by atoms with Crippen LogP contribution in [0.3, 0.4) is 0 Å². The van der Waals surface area contributed by atoms with E-state index in [-0.39, 0.29) is 36.4 Å². The number of halogens is 4. The second kappa shape index (κ2) is 13.1. The Morgan fingerprint density at radius 2 is 1.79 bits per heavy atom. The number of rotatable bonds is 9. The average molecular weight is 528 g/mol. The van der Waals surface area contributed by atoms with Crippen molar-refractivity contribution in [1.82, 2.24) is 15.5 Å². The molecular formula is C20H32F3IN4O. The van der Waals surface area contributed by atoms with Gasteiger partial charge in [-0.3, -0.25) is 9.89 Å². The lowest BCUT2D eigenvalue weighted by molar-refractivity contribution is -0.135. The Morgan fingerprint density at radius 3 is 2.34 bits per heavy atom. The summed E-state index contributed by atoms with van der Waals surface area (Å²) in [6, 6.07) is 8.29. The first kappa shape index (κ1) is 25.8. The maximum atomic E-state index is 12.2. The summed E-state index contributed by atoms with van der Waals surface area (Å²) in [5, 5.41) is 6.43. The van der Waals surface area contributed by atoms with Crippen LogP contribution in [-0.4, -0.2) is 57.4 Å². The van der Waals surface area contributed by atoms with Gasteiger partial charge in [0.2, 0.25) is 0 Å². The highest BCUT2D eigenvalue weighted by molar-refractivity contribution is 14.0. The van der Waals surface area contributed by atoms with E-state index < -0.39 is 12.6 Å². The van der Waals surface area contributed by atoms with E-state index in [1.54, 1.807) is 14.2 Å². The van der Waals surface area contributed by atoms with Crippen molar-refractivity contribution in [2.45, 2.75) is 44.3 Å². The second-order valence-corrected chi connectivity index (χ2v) is 6.98. The molecule has 0 radical (unpaired) electrons. The van der Waals surface area contributed by atoms with E-state index in [0.717, 1.165) is 18.8 Å². The molecule has 1 aliphatic heterocycles. The number of nitrogens with one attached hydrogen (secondary N) is 2. The molecule has 0 aliphatic carbocycles. The minimum Gasteiger partial charge on any atom is -0.497 e. The third kappa shape index (κ3) is 9.41. The number of hydrogen-bond acceptors (Lipinski definition) is 3. The molecule has 1 aromatic rings. The van der Waals surface area contributed by atoms with Gasteiger partial charge < -0.3 is 15.4 Å². The quantitative estimate of drug-likeness (QED) is 0.217. The van der Waals surface area contributed by atoms with Crippen molar-refractivity contribution in [3.05, 3.63) is 29.8 Å². The number of benzene rings is 1. The van der Waals surface area contributed by atoms with Crippen LogP contribution in [0, 0.1) is 0 Å². The molecule has 2 N–H and O–H groups in total. The van der Waals surface area contributed by atoms with Crippen LogP contribution in [0.25, 0.3) is 0 Å². The highest BCUT2D eigenvalue weighted by atomic mass is 127. The van der Waals surface area contributed by atoms with Gasteiger partial charge in [0, 0.05) is 26.6 Å². The molecule has 5 nitrogen and oxygen atoms in total. The molecule has 2 rings (SSSR count). The molecule has 166 valence electrons. The third-order valence-corrected chi connectivity index (χ3v) is 4.95. The van der Waals surface area contributed by atoms with Crippen molar-refractivity contribution in [3.8, 4) is 5.75 Å². The van der Waals surface area contributed by atoms with Crippen LogP contribution < -0.4 is 15.4 Å². The summed E-state index contributed by atoms with van der Waals surface area (Å²) in [4.78, 5) is 6.64. The molecule has 9 heteroatoms. The first-order chi connectivity index (χ1) is 13.4. The topological polar surface area (TPSA) is 48.9 Å². The summed E-state index contributed by atoms with van der Waals surface area (Å²) in [7, 11) is 3.32. The molecule has 0 amide bonds. The van der Waals surface area contributed by atoms with Gasteiger partial charge in [-0.25, -0.2) is 0 Å². The molecule has 1 unspecified atom stereocenters. The van der Waals surface area contributed by atoms with Crippen LogP contribution in [0.15, 0.2) is 29.3 Å². The van der Waals surface area contributed by atoms with Gasteiger partial charge in [-0.2, -0.15) is 13.2 Å². The minimum atomic E-state index is -4.08. The number of ether oxygens (including phenoxy) is 1. The van der Waals surface area contributed by atoms with Gasteiger partial charge in [-0.05, 0) is 56.5 Å². The van der Waals surface area contributed by atoms with Crippen molar-refractivity contribution in [3.63, 3.8) is 0 Å². The van der Waals surface area contributed by atoms with E-state index in [2.05, 4.69) is 32.7 Å². The molecule has 1 heterocycles. The fraction of sp³-hybridized carbons (Fsp3) is 0.650. The van der Waals surface area contributed by atoms with Gasteiger partial charge >= 0.3 is 6.18 Å². The van der Waals surface area contributed by atoms with E-state index in [1.165, 1.54) is 18.4 Å². The van der Waals surface area contributed by atoms with Crippen molar-refractivity contribution >= 4 is 29.9 Å². The van der Waals surface area contributed by atoms with Crippen LogP contribution in [-0.2, 0) is 0 Å². The summed E-state index contributed by atoms with van der Waals surface area (Å²) in [6.45, 7) is 3.25. The zero-order chi connectivity index (χ0) is 20.4. The largest absolute Gasteiger partial charge is 0.497 e. The highest BCUT2D eigenvalue weighted by Gasteiger charge is 2.26. The number of methoxy groups -OCH3 is 1. The first-order valence-corrected chi connectivity index (χ1v) is 9.82. The van der Waals surface area contributed by atoms with Gasteiger partial charge in [0.25, 0.3) is 0 Å². The Morgan fingerprint density at radius 1 is 1.14 bits per heavy atom. The molecule has 1 aliphatic rings. The summed E-state index contributed by atoms with van der Waals surface area (Å²) in [6.07, 6.45) is -1.86. The van der Waals surface area contributed by atoms with E-state index in [0.29, 0.717) is 25.5 Å². The number of alkyl halides is 3. The number of unbranched alkanes of at least 4 members (excludes halogenated alkanes) is 1. The molecule has 1 aromatic carbocycles. The Balaban J connectivity index is 0.00000420. The highest BCUT2D eigenvalue weighted by Crippen LogP contribution is 2.26. The predicted octanol–water partition coefficient (Wildman–Crippen LogP) is 4.35. The average Bonchev–Trinajstić information content (AvgIpc) is 3.20. The molecule has 1 fully saturated rings. The lowest BCUT2D eigenvalue weighted by Crippen LogP contribution is -2.43. The predicted molar refractivity (Wildman–Crippen MR) is 121 cm³/mol. The zero-order valence-electron chi connectivity index (χ0n) is 17.1. The summed E-state index contributed by atoms with van der Waals surface area (Å²) >= 11 is 0. The Bertz CT molecular complexity index is 605. The van der Waals surface area contributed by atoms with Gasteiger partial charge in [-0.1, -0.05) is 12.1 Å². The maximum Gasteiger partial charge on any atom is 0.389 e. The molecular weight excluding hydrogens is 496 g/mol. The van der Waals surface area contributed by atoms with Crippen LogP contribution in [0.4, 0.5) is 13.2 Å². The monoisotopic (exact) mass is 528 g/mol. The van der Waals surface area contributed by atoms with Gasteiger partial charge in [-0.15, -0.1) is 24.0 Å². The van der Waals surface area contributed by atoms with Crippen molar-refractivity contribution < 1.29 is 17.9 Å².